The van der Waals surface area contributed by atoms with Gasteiger partial charge in [-0.05, 0) is 6.07 Å². The number of hydrogen-bond acceptors (Lipinski definition) is 3. The summed E-state index contributed by atoms with van der Waals surface area (Å²) >= 11 is 0. The highest BCUT2D eigenvalue weighted by Crippen LogP contribution is 2.28. The number of aromatic nitrogens is 1. The van der Waals surface area contributed by atoms with Crippen molar-refractivity contribution in [1.29, 1.82) is 0 Å². The van der Waals surface area contributed by atoms with Crippen LogP contribution in [0.3, 0.4) is 0 Å². The first-order chi connectivity index (χ1) is 6.39. The Labute approximate surface area is 77.5 Å². The summed E-state index contributed by atoms with van der Waals surface area (Å²) in [6.45, 7) is 1.09. The SMILES string of the molecule is CC(=O)Oc1cccc(C(F)(F)F)n1. The van der Waals surface area contributed by atoms with Crippen LogP contribution in [0.15, 0.2) is 18.2 Å². The van der Waals surface area contributed by atoms with E-state index in [0.29, 0.717) is 0 Å². The van der Waals surface area contributed by atoms with Gasteiger partial charge in [0.05, 0.1) is 0 Å². The monoisotopic (exact) mass is 205 g/mol. The van der Waals surface area contributed by atoms with Crippen LogP contribution in [0.2, 0.25) is 0 Å². The summed E-state index contributed by atoms with van der Waals surface area (Å²) in [6, 6.07) is 3.09. The summed E-state index contributed by atoms with van der Waals surface area (Å²) in [5.74, 6) is -1.07. The van der Waals surface area contributed by atoms with E-state index < -0.39 is 17.8 Å². The zero-order chi connectivity index (χ0) is 10.8. The average molecular weight is 205 g/mol. The van der Waals surface area contributed by atoms with Crippen LogP contribution in [0.1, 0.15) is 12.6 Å². The molecule has 0 aromatic carbocycles. The number of carbonyl (C=O) groups is 1. The first-order valence-electron chi connectivity index (χ1n) is 3.62. The Morgan fingerprint density at radius 2 is 2.07 bits per heavy atom. The number of pyridine rings is 1. The van der Waals surface area contributed by atoms with Crippen LogP contribution < -0.4 is 4.74 Å². The van der Waals surface area contributed by atoms with Gasteiger partial charge in [-0.3, -0.25) is 4.79 Å². The van der Waals surface area contributed by atoms with Crippen molar-refractivity contribution in [3.05, 3.63) is 23.9 Å². The van der Waals surface area contributed by atoms with Crippen LogP contribution in [0.5, 0.6) is 5.88 Å². The van der Waals surface area contributed by atoms with Gasteiger partial charge in [0.1, 0.15) is 5.69 Å². The number of ether oxygens (including phenoxy) is 1. The number of nitrogens with zero attached hydrogens (tertiary/aromatic N) is 1. The van der Waals surface area contributed by atoms with Crippen LogP contribution >= 0.6 is 0 Å². The summed E-state index contributed by atoms with van der Waals surface area (Å²) < 4.78 is 40.7. The molecule has 0 N–H and O–H groups in total. The Morgan fingerprint density at radius 3 is 2.57 bits per heavy atom. The molecule has 1 heterocycles. The molecule has 0 saturated carbocycles. The fraction of sp³-hybridized carbons (Fsp3) is 0.250. The molecule has 1 rings (SSSR count). The molecule has 0 amide bonds. The molecule has 6 heteroatoms. The molecule has 14 heavy (non-hydrogen) atoms. The molecule has 0 unspecified atom stereocenters. The van der Waals surface area contributed by atoms with Gasteiger partial charge in [0.15, 0.2) is 0 Å². The third kappa shape index (κ3) is 2.72. The minimum atomic E-state index is -4.53. The van der Waals surface area contributed by atoms with Crippen molar-refractivity contribution < 1.29 is 22.7 Å². The number of alkyl halides is 3. The molecule has 0 atom stereocenters. The van der Waals surface area contributed by atoms with Gasteiger partial charge in [0.2, 0.25) is 5.88 Å². The van der Waals surface area contributed by atoms with Crippen molar-refractivity contribution in [2.75, 3.05) is 0 Å². The third-order valence-corrected chi connectivity index (χ3v) is 1.26. The van der Waals surface area contributed by atoms with Crippen molar-refractivity contribution in [3.8, 4) is 5.88 Å². The van der Waals surface area contributed by atoms with Crippen molar-refractivity contribution in [2.45, 2.75) is 13.1 Å². The Kier molecular flexibility index (Phi) is 2.73. The normalized spacial score (nSPS) is 11.1. The van der Waals surface area contributed by atoms with Gasteiger partial charge < -0.3 is 4.74 Å². The highest BCUT2D eigenvalue weighted by molar-refractivity contribution is 5.68. The Hall–Kier alpha value is -1.59. The Balaban J connectivity index is 2.95. The van der Waals surface area contributed by atoms with E-state index in [-0.39, 0.29) is 5.88 Å². The molecule has 76 valence electrons. The van der Waals surface area contributed by atoms with Gasteiger partial charge >= 0.3 is 12.1 Å². The minimum Gasteiger partial charge on any atom is -0.408 e. The second-order valence-electron chi connectivity index (χ2n) is 2.45. The molecule has 0 saturated heterocycles. The number of halogens is 3. The van der Waals surface area contributed by atoms with Crippen LogP contribution in [0, 0.1) is 0 Å². The van der Waals surface area contributed by atoms with Crippen molar-refractivity contribution in [3.63, 3.8) is 0 Å². The molecule has 0 aliphatic carbocycles. The topological polar surface area (TPSA) is 39.2 Å². The van der Waals surface area contributed by atoms with Gasteiger partial charge in [-0.25, -0.2) is 4.98 Å². The fourth-order valence-corrected chi connectivity index (χ4v) is 0.777. The second-order valence-corrected chi connectivity index (χ2v) is 2.45. The smallest absolute Gasteiger partial charge is 0.408 e. The molecule has 0 aliphatic rings. The molecule has 1 aromatic rings. The number of hydrogen-bond donors (Lipinski definition) is 0. The lowest BCUT2D eigenvalue weighted by atomic mass is 10.3. The van der Waals surface area contributed by atoms with Gasteiger partial charge in [-0.1, -0.05) is 6.07 Å². The van der Waals surface area contributed by atoms with E-state index in [1.165, 1.54) is 6.07 Å². The zero-order valence-corrected chi connectivity index (χ0v) is 7.13. The van der Waals surface area contributed by atoms with E-state index in [0.717, 1.165) is 19.1 Å². The highest BCUT2D eigenvalue weighted by atomic mass is 19.4. The first kappa shape index (κ1) is 10.5. The van der Waals surface area contributed by atoms with Gasteiger partial charge in [0, 0.05) is 13.0 Å². The van der Waals surface area contributed by atoms with Crippen LogP contribution in [0.25, 0.3) is 0 Å². The van der Waals surface area contributed by atoms with E-state index >= 15 is 0 Å². The lowest BCUT2D eigenvalue weighted by Gasteiger charge is -2.06. The molecule has 0 fully saturated rings. The van der Waals surface area contributed by atoms with E-state index in [1.54, 1.807) is 0 Å². The molecule has 0 bridgehead atoms. The zero-order valence-electron chi connectivity index (χ0n) is 7.13. The van der Waals surface area contributed by atoms with E-state index in [9.17, 15) is 18.0 Å². The van der Waals surface area contributed by atoms with Crippen LogP contribution in [0.4, 0.5) is 13.2 Å². The van der Waals surface area contributed by atoms with Gasteiger partial charge in [-0.2, -0.15) is 13.2 Å². The molecular weight excluding hydrogens is 199 g/mol. The predicted octanol–water partition coefficient (Wildman–Crippen LogP) is 2.03. The van der Waals surface area contributed by atoms with Gasteiger partial charge in [0.25, 0.3) is 0 Å². The maximum atomic E-state index is 12.1. The molecule has 1 aromatic heterocycles. The minimum absolute atomic E-state index is 0.354. The summed E-state index contributed by atoms with van der Waals surface area (Å²) in [4.78, 5) is 13.5. The Bertz CT molecular complexity index is 349. The van der Waals surface area contributed by atoms with Gasteiger partial charge in [-0.15, -0.1) is 0 Å². The first-order valence-corrected chi connectivity index (χ1v) is 3.62. The molecule has 3 nitrogen and oxygen atoms in total. The molecule has 0 aliphatic heterocycles. The van der Waals surface area contributed by atoms with E-state index in [4.69, 9.17) is 0 Å². The maximum absolute atomic E-state index is 12.1. The fourth-order valence-electron chi connectivity index (χ4n) is 0.777. The van der Waals surface area contributed by atoms with Crippen molar-refractivity contribution >= 4 is 5.97 Å². The van der Waals surface area contributed by atoms with Crippen molar-refractivity contribution in [1.82, 2.24) is 4.98 Å². The van der Waals surface area contributed by atoms with E-state index in [1.807, 2.05) is 0 Å². The standard InChI is InChI=1S/C8H6F3NO2/c1-5(13)14-7-4-2-3-6(12-7)8(9,10)11/h2-4H,1H3. The highest BCUT2D eigenvalue weighted by Gasteiger charge is 2.32. The largest absolute Gasteiger partial charge is 0.433 e. The van der Waals surface area contributed by atoms with E-state index in [2.05, 4.69) is 9.72 Å². The number of carbonyl (C=O) groups excluding carboxylic acids is 1. The molecule has 0 radical (unpaired) electrons. The Morgan fingerprint density at radius 1 is 1.43 bits per heavy atom. The summed E-state index contributed by atoms with van der Waals surface area (Å²) in [5.41, 5.74) is -1.09. The van der Waals surface area contributed by atoms with Crippen molar-refractivity contribution in [2.24, 2.45) is 0 Å². The summed E-state index contributed by atoms with van der Waals surface area (Å²) in [6.07, 6.45) is -4.53. The summed E-state index contributed by atoms with van der Waals surface area (Å²) in [7, 11) is 0. The quantitative estimate of drug-likeness (QED) is 0.658. The number of rotatable bonds is 1. The second kappa shape index (κ2) is 3.65. The average Bonchev–Trinajstić information content (AvgIpc) is 2.01. The predicted molar refractivity (Wildman–Crippen MR) is 40.5 cm³/mol. The third-order valence-electron chi connectivity index (χ3n) is 1.26. The molecule has 0 spiro atoms. The summed E-state index contributed by atoms with van der Waals surface area (Å²) in [5, 5.41) is 0. The molecular formula is C8H6F3NO2. The van der Waals surface area contributed by atoms with Crippen LogP contribution in [-0.2, 0) is 11.0 Å². The van der Waals surface area contributed by atoms with Crippen LogP contribution in [-0.4, -0.2) is 11.0 Å². The lowest BCUT2D eigenvalue weighted by Crippen LogP contribution is -2.10. The number of esters is 1. The maximum Gasteiger partial charge on any atom is 0.433 e. The lowest BCUT2D eigenvalue weighted by molar-refractivity contribution is -0.142.